The molecule has 0 aromatic carbocycles. The average molecular weight is 263 g/mol. The van der Waals surface area contributed by atoms with Crippen LogP contribution in [0.2, 0.25) is 0 Å². The highest BCUT2D eigenvalue weighted by molar-refractivity contribution is 7.80. The second-order valence-corrected chi connectivity index (χ2v) is 5.17. The second-order valence-electron chi connectivity index (χ2n) is 4.73. The van der Waals surface area contributed by atoms with Crippen molar-refractivity contribution in [2.75, 3.05) is 11.9 Å². The summed E-state index contributed by atoms with van der Waals surface area (Å²) in [6.45, 7) is 0. The summed E-state index contributed by atoms with van der Waals surface area (Å²) in [5.41, 5.74) is 5.93. The lowest BCUT2D eigenvalue weighted by atomic mass is 9.84. The Morgan fingerprint density at radius 2 is 2.17 bits per heavy atom. The van der Waals surface area contributed by atoms with E-state index in [-0.39, 0.29) is 5.91 Å². The molecular formula is C13H17N3OS. The van der Waals surface area contributed by atoms with Crippen LogP contribution in [0, 0.1) is 5.41 Å². The lowest BCUT2D eigenvalue weighted by Gasteiger charge is -2.31. The van der Waals surface area contributed by atoms with Crippen LogP contribution in [0.1, 0.15) is 25.7 Å². The molecule has 1 fully saturated rings. The molecule has 0 bridgehead atoms. The zero-order chi connectivity index (χ0) is 13.2. The maximum Gasteiger partial charge on any atom is 0.239 e. The van der Waals surface area contributed by atoms with Crippen molar-refractivity contribution in [1.29, 1.82) is 0 Å². The Hall–Kier alpha value is -1.49. The number of aromatic nitrogens is 1. The number of thiocarbonyl (C=S) groups is 1. The van der Waals surface area contributed by atoms with Crippen molar-refractivity contribution >= 4 is 28.8 Å². The van der Waals surface area contributed by atoms with Gasteiger partial charge in [0.1, 0.15) is 0 Å². The van der Waals surface area contributed by atoms with Crippen LogP contribution in [0.5, 0.6) is 0 Å². The molecule has 5 heteroatoms. The smallest absolute Gasteiger partial charge is 0.239 e. The van der Waals surface area contributed by atoms with E-state index in [1.165, 1.54) is 0 Å². The summed E-state index contributed by atoms with van der Waals surface area (Å²) >= 11 is 5.13. The van der Waals surface area contributed by atoms with E-state index in [9.17, 15) is 4.79 Å². The molecule has 1 amide bonds. The predicted octanol–water partition coefficient (Wildman–Crippen LogP) is 1.89. The normalized spacial score (nSPS) is 17.4. The zero-order valence-corrected chi connectivity index (χ0v) is 11.2. The standard InChI is InChI=1S/C13H17N3OS/c1-16(10-5-4-8-15-9-10)12(17)13(11(14)18)6-2-3-7-13/h4-5,8-9H,2-3,6-7H2,1H3,(H2,14,18). The van der Waals surface area contributed by atoms with Gasteiger partial charge in [0.05, 0.1) is 22.3 Å². The highest BCUT2D eigenvalue weighted by Crippen LogP contribution is 2.40. The maximum absolute atomic E-state index is 12.6. The number of nitrogens with zero attached hydrogens (tertiary/aromatic N) is 2. The molecule has 1 heterocycles. The fourth-order valence-electron chi connectivity index (χ4n) is 2.53. The predicted molar refractivity (Wildman–Crippen MR) is 75.3 cm³/mol. The van der Waals surface area contributed by atoms with Crippen LogP contribution in [-0.2, 0) is 4.79 Å². The minimum Gasteiger partial charge on any atom is -0.392 e. The van der Waals surface area contributed by atoms with E-state index in [0.717, 1.165) is 31.4 Å². The van der Waals surface area contributed by atoms with Gasteiger partial charge in [0.2, 0.25) is 5.91 Å². The average Bonchev–Trinajstić information content (AvgIpc) is 2.88. The van der Waals surface area contributed by atoms with Crippen LogP contribution < -0.4 is 10.6 Å². The summed E-state index contributed by atoms with van der Waals surface area (Å²) in [4.78, 5) is 18.6. The Morgan fingerprint density at radius 1 is 1.50 bits per heavy atom. The number of rotatable bonds is 3. The van der Waals surface area contributed by atoms with Crippen molar-refractivity contribution in [2.24, 2.45) is 11.1 Å². The van der Waals surface area contributed by atoms with E-state index >= 15 is 0 Å². The SMILES string of the molecule is CN(C(=O)C1(C(N)=S)CCCC1)c1cccnc1. The first-order valence-electron chi connectivity index (χ1n) is 6.06. The van der Waals surface area contributed by atoms with Crippen LogP contribution in [0.4, 0.5) is 5.69 Å². The molecule has 0 radical (unpaired) electrons. The number of pyridine rings is 1. The molecule has 0 saturated heterocycles. The van der Waals surface area contributed by atoms with Crippen LogP contribution in [0.15, 0.2) is 24.5 Å². The number of anilines is 1. The lowest BCUT2D eigenvalue weighted by molar-refractivity contribution is -0.124. The largest absolute Gasteiger partial charge is 0.392 e. The number of nitrogens with two attached hydrogens (primary N) is 1. The zero-order valence-electron chi connectivity index (χ0n) is 10.4. The van der Waals surface area contributed by atoms with Gasteiger partial charge in [0.15, 0.2) is 0 Å². The third-order valence-corrected chi connectivity index (χ3v) is 4.07. The van der Waals surface area contributed by atoms with Gasteiger partial charge in [-0.1, -0.05) is 25.1 Å². The molecule has 0 atom stereocenters. The second kappa shape index (κ2) is 5.02. The minimum atomic E-state index is -0.653. The van der Waals surface area contributed by atoms with E-state index < -0.39 is 5.41 Å². The highest BCUT2D eigenvalue weighted by Gasteiger charge is 2.45. The number of carbonyl (C=O) groups excluding carboxylic acids is 1. The fraction of sp³-hybridized carbons (Fsp3) is 0.462. The fourth-order valence-corrected chi connectivity index (χ4v) is 2.83. The van der Waals surface area contributed by atoms with Gasteiger partial charge in [-0.3, -0.25) is 9.78 Å². The first kappa shape index (κ1) is 13.0. The van der Waals surface area contributed by atoms with Gasteiger partial charge in [-0.15, -0.1) is 0 Å². The molecule has 96 valence electrons. The monoisotopic (exact) mass is 263 g/mol. The number of amides is 1. The highest BCUT2D eigenvalue weighted by atomic mass is 32.1. The summed E-state index contributed by atoms with van der Waals surface area (Å²) in [7, 11) is 1.75. The van der Waals surface area contributed by atoms with Gasteiger partial charge in [-0.05, 0) is 25.0 Å². The van der Waals surface area contributed by atoms with Gasteiger partial charge in [-0.25, -0.2) is 0 Å². The Kier molecular flexibility index (Phi) is 3.61. The summed E-state index contributed by atoms with van der Waals surface area (Å²) in [6, 6.07) is 3.66. The third kappa shape index (κ3) is 2.10. The molecule has 1 aliphatic rings. The molecule has 2 rings (SSSR count). The van der Waals surface area contributed by atoms with Crippen LogP contribution in [0.3, 0.4) is 0 Å². The van der Waals surface area contributed by atoms with Gasteiger partial charge in [0, 0.05) is 13.2 Å². The minimum absolute atomic E-state index is 0.0134. The topological polar surface area (TPSA) is 59.2 Å². The third-order valence-electron chi connectivity index (χ3n) is 3.68. The maximum atomic E-state index is 12.6. The molecule has 18 heavy (non-hydrogen) atoms. The van der Waals surface area contributed by atoms with Gasteiger partial charge >= 0.3 is 0 Å². The van der Waals surface area contributed by atoms with E-state index in [1.807, 2.05) is 6.07 Å². The molecular weight excluding hydrogens is 246 g/mol. The Bertz CT molecular complexity index is 455. The number of hydrogen-bond donors (Lipinski definition) is 1. The Balaban J connectivity index is 2.27. The molecule has 0 unspecified atom stereocenters. The van der Waals surface area contributed by atoms with Crippen LogP contribution in [-0.4, -0.2) is 22.9 Å². The van der Waals surface area contributed by atoms with Crippen LogP contribution >= 0.6 is 12.2 Å². The molecule has 1 aliphatic carbocycles. The van der Waals surface area contributed by atoms with Crippen LogP contribution in [0.25, 0.3) is 0 Å². The number of hydrogen-bond acceptors (Lipinski definition) is 3. The molecule has 0 spiro atoms. The number of carbonyl (C=O) groups is 1. The summed E-state index contributed by atoms with van der Waals surface area (Å²) in [5.74, 6) is -0.0134. The molecule has 1 aromatic rings. The van der Waals surface area contributed by atoms with Crippen molar-refractivity contribution in [3.05, 3.63) is 24.5 Å². The van der Waals surface area contributed by atoms with E-state index in [2.05, 4.69) is 4.98 Å². The summed E-state index contributed by atoms with van der Waals surface area (Å²) in [6.07, 6.45) is 6.87. The molecule has 0 aliphatic heterocycles. The van der Waals surface area contributed by atoms with Crippen molar-refractivity contribution in [3.8, 4) is 0 Å². The van der Waals surface area contributed by atoms with Crippen molar-refractivity contribution in [2.45, 2.75) is 25.7 Å². The van der Waals surface area contributed by atoms with Crippen molar-refractivity contribution in [1.82, 2.24) is 4.98 Å². The molecule has 2 N–H and O–H groups in total. The molecule has 1 aromatic heterocycles. The summed E-state index contributed by atoms with van der Waals surface area (Å²) in [5, 5.41) is 0. The molecule has 4 nitrogen and oxygen atoms in total. The summed E-state index contributed by atoms with van der Waals surface area (Å²) < 4.78 is 0. The Labute approximate surface area is 112 Å². The first-order valence-corrected chi connectivity index (χ1v) is 6.47. The first-order chi connectivity index (χ1) is 8.58. The van der Waals surface area contributed by atoms with Gasteiger partial charge < -0.3 is 10.6 Å². The quantitative estimate of drug-likeness (QED) is 0.846. The van der Waals surface area contributed by atoms with E-state index in [4.69, 9.17) is 18.0 Å². The van der Waals surface area contributed by atoms with E-state index in [0.29, 0.717) is 4.99 Å². The van der Waals surface area contributed by atoms with E-state index in [1.54, 1.807) is 30.4 Å². The Morgan fingerprint density at radius 3 is 2.67 bits per heavy atom. The van der Waals surface area contributed by atoms with Crippen molar-refractivity contribution < 1.29 is 4.79 Å². The molecule has 1 saturated carbocycles. The van der Waals surface area contributed by atoms with Gasteiger partial charge in [-0.2, -0.15) is 0 Å². The van der Waals surface area contributed by atoms with Crippen molar-refractivity contribution in [3.63, 3.8) is 0 Å². The lowest BCUT2D eigenvalue weighted by Crippen LogP contribution is -2.48. The van der Waals surface area contributed by atoms with Gasteiger partial charge in [0.25, 0.3) is 0 Å².